The Labute approximate surface area is 112 Å². The molecule has 0 bridgehead atoms. The van der Waals surface area contributed by atoms with Crippen molar-refractivity contribution in [2.75, 3.05) is 12.4 Å². The predicted octanol–water partition coefficient (Wildman–Crippen LogP) is 3.26. The lowest BCUT2D eigenvalue weighted by Gasteiger charge is -2.03. The molecular weight excluding hydrogens is 274 g/mol. The van der Waals surface area contributed by atoms with E-state index in [0.29, 0.717) is 15.7 Å². The standard InChI is InChI=1S/C12H10F2N2O2S/c1-6-10(11(17)18-2)19-12(15-6)16-9-5-7(13)3-4-8(9)14/h3-5H,1-2H3,(H,15,16). The van der Waals surface area contributed by atoms with E-state index in [4.69, 9.17) is 0 Å². The van der Waals surface area contributed by atoms with Gasteiger partial charge < -0.3 is 10.1 Å². The van der Waals surface area contributed by atoms with Crippen molar-refractivity contribution in [3.63, 3.8) is 0 Å². The normalized spacial score (nSPS) is 10.3. The van der Waals surface area contributed by atoms with E-state index in [1.807, 2.05) is 0 Å². The molecule has 0 radical (unpaired) electrons. The summed E-state index contributed by atoms with van der Waals surface area (Å²) in [5, 5.41) is 2.93. The van der Waals surface area contributed by atoms with E-state index in [1.54, 1.807) is 6.92 Å². The van der Waals surface area contributed by atoms with Crippen molar-refractivity contribution in [3.8, 4) is 0 Å². The van der Waals surface area contributed by atoms with Crippen molar-refractivity contribution < 1.29 is 18.3 Å². The van der Waals surface area contributed by atoms with Gasteiger partial charge in [-0.3, -0.25) is 0 Å². The minimum absolute atomic E-state index is 0.0369. The summed E-state index contributed by atoms with van der Waals surface area (Å²) in [6.07, 6.45) is 0. The van der Waals surface area contributed by atoms with Crippen LogP contribution in [0.1, 0.15) is 15.4 Å². The summed E-state index contributed by atoms with van der Waals surface area (Å²) in [6, 6.07) is 3.05. The van der Waals surface area contributed by atoms with Crippen molar-refractivity contribution in [1.29, 1.82) is 0 Å². The molecule has 0 spiro atoms. The average Bonchev–Trinajstić information content (AvgIpc) is 2.74. The fraction of sp³-hybridized carbons (Fsp3) is 0.167. The number of hydrogen-bond acceptors (Lipinski definition) is 5. The number of aromatic nitrogens is 1. The van der Waals surface area contributed by atoms with E-state index in [-0.39, 0.29) is 5.69 Å². The molecule has 0 fully saturated rings. The zero-order chi connectivity index (χ0) is 14.0. The van der Waals surface area contributed by atoms with Gasteiger partial charge in [-0.1, -0.05) is 11.3 Å². The van der Waals surface area contributed by atoms with Gasteiger partial charge in [0.15, 0.2) is 5.13 Å². The first-order valence-corrected chi connectivity index (χ1v) is 6.10. The number of esters is 1. The highest BCUT2D eigenvalue weighted by molar-refractivity contribution is 7.17. The van der Waals surface area contributed by atoms with Crippen molar-refractivity contribution in [2.24, 2.45) is 0 Å². The van der Waals surface area contributed by atoms with Crippen LogP contribution < -0.4 is 5.32 Å². The van der Waals surface area contributed by atoms with Crippen LogP contribution in [0.4, 0.5) is 19.6 Å². The molecule has 1 heterocycles. The Bertz CT molecular complexity index is 628. The Morgan fingerprint density at radius 3 is 2.84 bits per heavy atom. The van der Waals surface area contributed by atoms with E-state index >= 15 is 0 Å². The Morgan fingerprint density at radius 2 is 2.16 bits per heavy atom. The predicted molar refractivity (Wildman–Crippen MR) is 67.8 cm³/mol. The van der Waals surface area contributed by atoms with Gasteiger partial charge in [-0.05, 0) is 19.1 Å². The van der Waals surface area contributed by atoms with Gasteiger partial charge in [0.2, 0.25) is 0 Å². The third kappa shape index (κ3) is 2.87. The minimum atomic E-state index is -0.603. The highest BCUT2D eigenvalue weighted by Crippen LogP contribution is 2.27. The number of methoxy groups -OCH3 is 1. The lowest BCUT2D eigenvalue weighted by Crippen LogP contribution is -1.99. The number of hydrogen-bond donors (Lipinski definition) is 1. The summed E-state index contributed by atoms with van der Waals surface area (Å²) in [7, 11) is 1.26. The summed E-state index contributed by atoms with van der Waals surface area (Å²) < 4.78 is 31.1. The molecule has 0 amide bonds. The monoisotopic (exact) mass is 284 g/mol. The first kappa shape index (κ1) is 13.4. The van der Waals surface area contributed by atoms with E-state index < -0.39 is 17.6 Å². The van der Waals surface area contributed by atoms with Crippen molar-refractivity contribution >= 4 is 28.1 Å². The van der Waals surface area contributed by atoms with Gasteiger partial charge in [0.25, 0.3) is 0 Å². The molecule has 0 aliphatic heterocycles. The Hall–Kier alpha value is -2.02. The average molecular weight is 284 g/mol. The van der Waals surface area contributed by atoms with Gasteiger partial charge in [-0.2, -0.15) is 0 Å². The molecule has 1 aromatic carbocycles. The van der Waals surface area contributed by atoms with Crippen LogP contribution in [-0.4, -0.2) is 18.1 Å². The summed E-state index contributed by atoms with van der Waals surface area (Å²) in [4.78, 5) is 15.8. The summed E-state index contributed by atoms with van der Waals surface area (Å²) in [6.45, 7) is 1.63. The Kier molecular flexibility index (Phi) is 3.75. The number of aryl methyl sites for hydroxylation is 1. The summed E-state index contributed by atoms with van der Waals surface area (Å²) in [5.74, 6) is -1.68. The zero-order valence-corrected chi connectivity index (χ0v) is 11.0. The largest absolute Gasteiger partial charge is 0.465 e. The van der Waals surface area contributed by atoms with Crippen molar-refractivity contribution in [2.45, 2.75) is 6.92 Å². The molecule has 4 nitrogen and oxygen atoms in total. The number of benzene rings is 1. The van der Waals surface area contributed by atoms with Crippen LogP contribution in [0.5, 0.6) is 0 Å². The van der Waals surface area contributed by atoms with E-state index in [2.05, 4.69) is 15.0 Å². The molecule has 0 atom stereocenters. The molecule has 19 heavy (non-hydrogen) atoms. The van der Waals surface area contributed by atoms with Crippen LogP contribution in [0, 0.1) is 18.6 Å². The zero-order valence-electron chi connectivity index (χ0n) is 10.2. The molecule has 0 saturated carbocycles. The lowest BCUT2D eigenvalue weighted by atomic mass is 10.3. The number of carbonyl (C=O) groups excluding carboxylic acids is 1. The van der Waals surface area contributed by atoms with Crippen molar-refractivity contribution in [3.05, 3.63) is 40.4 Å². The van der Waals surface area contributed by atoms with Crippen molar-refractivity contribution in [1.82, 2.24) is 4.98 Å². The molecule has 7 heteroatoms. The topological polar surface area (TPSA) is 51.2 Å². The number of ether oxygens (including phenoxy) is 1. The Balaban J connectivity index is 2.29. The fourth-order valence-corrected chi connectivity index (χ4v) is 2.34. The molecule has 2 rings (SSSR count). The number of carbonyl (C=O) groups is 1. The second-order valence-corrected chi connectivity index (χ2v) is 4.67. The molecule has 1 aromatic heterocycles. The first-order chi connectivity index (χ1) is 9.01. The number of halogens is 2. The summed E-state index contributed by atoms with van der Waals surface area (Å²) in [5.41, 5.74) is 0.432. The molecule has 100 valence electrons. The maximum atomic E-state index is 13.4. The van der Waals surface area contributed by atoms with Gasteiger partial charge >= 0.3 is 5.97 Å². The Morgan fingerprint density at radius 1 is 1.42 bits per heavy atom. The number of thiazole rings is 1. The molecule has 0 aliphatic carbocycles. The highest BCUT2D eigenvalue weighted by Gasteiger charge is 2.16. The molecule has 0 unspecified atom stereocenters. The second kappa shape index (κ2) is 5.31. The van der Waals surface area contributed by atoms with Gasteiger partial charge in [0.1, 0.15) is 16.5 Å². The third-order valence-corrected chi connectivity index (χ3v) is 3.39. The molecule has 0 saturated heterocycles. The third-order valence-electron chi connectivity index (χ3n) is 2.34. The minimum Gasteiger partial charge on any atom is -0.465 e. The maximum absolute atomic E-state index is 13.4. The molecule has 2 aromatic rings. The number of nitrogens with one attached hydrogen (secondary N) is 1. The van der Waals surface area contributed by atoms with Crippen LogP contribution in [-0.2, 0) is 4.74 Å². The fourth-order valence-electron chi connectivity index (χ4n) is 1.44. The van der Waals surface area contributed by atoms with Crippen LogP contribution in [0.15, 0.2) is 18.2 Å². The summed E-state index contributed by atoms with van der Waals surface area (Å²) >= 11 is 1.02. The van der Waals surface area contributed by atoms with E-state index in [1.165, 1.54) is 7.11 Å². The first-order valence-electron chi connectivity index (χ1n) is 5.29. The van der Waals surface area contributed by atoms with Crippen LogP contribution in [0.2, 0.25) is 0 Å². The van der Waals surface area contributed by atoms with Gasteiger partial charge in [0.05, 0.1) is 18.5 Å². The molecule has 0 aliphatic rings. The number of nitrogens with zero attached hydrogens (tertiary/aromatic N) is 1. The highest BCUT2D eigenvalue weighted by atomic mass is 32.1. The van der Waals surface area contributed by atoms with Crippen LogP contribution in [0.25, 0.3) is 0 Å². The smallest absolute Gasteiger partial charge is 0.350 e. The van der Waals surface area contributed by atoms with Crippen LogP contribution >= 0.6 is 11.3 Å². The van der Waals surface area contributed by atoms with Gasteiger partial charge in [-0.15, -0.1) is 0 Å². The molecular formula is C12H10F2N2O2S. The number of rotatable bonds is 3. The quantitative estimate of drug-likeness (QED) is 0.879. The lowest BCUT2D eigenvalue weighted by molar-refractivity contribution is 0.0605. The van der Waals surface area contributed by atoms with E-state index in [9.17, 15) is 13.6 Å². The van der Waals surface area contributed by atoms with Gasteiger partial charge in [-0.25, -0.2) is 18.6 Å². The SMILES string of the molecule is COC(=O)c1sc(Nc2cc(F)ccc2F)nc1C. The van der Waals surface area contributed by atoms with E-state index in [0.717, 1.165) is 29.5 Å². The maximum Gasteiger partial charge on any atom is 0.350 e. The molecule has 1 N–H and O–H groups in total. The van der Waals surface area contributed by atoms with Crippen LogP contribution in [0.3, 0.4) is 0 Å². The second-order valence-electron chi connectivity index (χ2n) is 3.67. The van der Waals surface area contributed by atoms with Gasteiger partial charge in [0, 0.05) is 6.07 Å². The number of anilines is 2.